The summed E-state index contributed by atoms with van der Waals surface area (Å²) in [7, 11) is 0. The molecule has 1 amide bonds. The van der Waals surface area contributed by atoms with Crippen LogP contribution in [-0.4, -0.2) is 17.0 Å². The summed E-state index contributed by atoms with van der Waals surface area (Å²) in [4.78, 5) is 22.5. The molecule has 0 fully saturated rings. The molecule has 3 rings (SSSR count). The van der Waals surface area contributed by atoms with Gasteiger partial charge in [0.1, 0.15) is 11.5 Å². The van der Waals surface area contributed by atoms with Gasteiger partial charge in [0.25, 0.3) is 11.6 Å². The molecule has 0 spiro atoms. The highest BCUT2D eigenvalue weighted by Gasteiger charge is 2.14. The monoisotopic (exact) mass is 391 g/mol. The number of non-ortho nitro benzene ring substituents is 1. The van der Waals surface area contributed by atoms with Gasteiger partial charge < -0.3 is 4.42 Å². The molecular weight excluding hydrogens is 370 g/mol. The van der Waals surface area contributed by atoms with E-state index in [1.807, 2.05) is 12.1 Å². The summed E-state index contributed by atoms with van der Waals surface area (Å²) in [5.41, 5.74) is 4.87. The van der Waals surface area contributed by atoms with Crippen molar-refractivity contribution >= 4 is 17.8 Å². The Morgan fingerprint density at radius 3 is 2.28 bits per heavy atom. The Kier molecular flexibility index (Phi) is 5.59. The summed E-state index contributed by atoms with van der Waals surface area (Å²) < 4.78 is 5.64. The lowest BCUT2D eigenvalue weighted by atomic mass is 9.87. The third kappa shape index (κ3) is 4.95. The molecule has 0 atom stereocenters. The Bertz CT molecular complexity index is 1040. The molecule has 2 aromatic carbocycles. The number of carbonyl (C=O) groups is 1. The Morgan fingerprint density at radius 1 is 1.03 bits per heavy atom. The van der Waals surface area contributed by atoms with Crippen molar-refractivity contribution in [2.45, 2.75) is 26.2 Å². The molecule has 1 heterocycles. The average molecular weight is 391 g/mol. The molecule has 0 bridgehead atoms. The quantitative estimate of drug-likeness (QED) is 0.379. The summed E-state index contributed by atoms with van der Waals surface area (Å²) in [6, 6.07) is 16.9. The second-order valence-corrected chi connectivity index (χ2v) is 7.53. The molecular formula is C22H21N3O4. The summed E-state index contributed by atoms with van der Waals surface area (Å²) in [5, 5.41) is 14.6. The Hall–Kier alpha value is -3.74. The van der Waals surface area contributed by atoms with Gasteiger partial charge in [-0.05, 0) is 47.4 Å². The first-order chi connectivity index (χ1) is 13.7. The Labute approximate surface area is 168 Å². The SMILES string of the molecule is CC(C)(C)c1ccc(C(=O)NN=Cc2ccc(-c3ccc([N+](=O)[O-])cc3)o2)cc1. The van der Waals surface area contributed by atoms with E-state index in [4.69, 9.17) is 4.42 Å². The molecule has 148 valence electrons. The van der Waals surface area contributed by atoms with Crippen molar-refractivity contribution in [1.29, 1.82) is 0 Å². The Morgan fingerprint density at radius 2 is 1.69 bits per heavy atom. The van der Waals surface area contributed by atoms with E-state index >= 15 is 0 Å². The van der Waals surface area contributed by atoms with Crippen molar-refractivity contribution in [3.05, 3.63) is 87.7 Å². The molecule has 3 aromatic rings. The molecule has 0 unspecified atom stereocenters. The van der Waals surface area contributed by atoms with Crippen molar-refractivity contribution in [1.82, 2.24) is 5.43 Å². The highest BCUT2D eigenvalue weighted by Crippen LogP contribution is 2.24. The number of hydrazone groups is 1. The van der Waals surface area contributed by atoms with E-state index in [1.165, 1.54) is 18.3 Å². The van der Waals surface area contributed by atoms with Crippen LogP contribution in [0.25, 0.3) is 11.3 Å². The number of hydrogen-bond donors (Lipinski definition) is 1. The Balaban J connectivity index is 1.62. The lowest BCUT2D eigenvalue weighted by molar-refractivity contribution is -0.384. The van der Waals surface area contributed by atoms with Crippen LogP contribution in [0.3, 0.4) is 0 Å². The van der Waals surface area contributed by atoms with Gasteiger partial charge >= 0.3 is 0 Å². The van der Waals surface area contributed by atoms with Crippen molar-refractivity contribution in [2.75, 3.05) is 0 Å². The van der Waals surface area contributed by atoms with Crippen LogP contribution in [-0.2, 0) is 5.41 Å². The van der Waals surface area contributed by atoms with Gasteiger partial charge in [0, 0.05) is 23.3 Å². The van der Waals surface area contributed by atoms with E-state index in [-0.39, 0.29) is 17.0 Å². The van der Waals surface area contributed by atoms with E-state index in [1.54, 1.807) is 36.4 Å². The number of benzene rings is 2. The molecule has 0 saturated carbocycles. The molecule has 29 heavy (non-hydrogen) atoms. The normalized spacial score (nSPS) is 11.6. The highest BCUT2D eigenvalue weighted by atomic mass is 16.6. The summed E-state index contributed by atoms with van der Waals surface area (Å²) in [5.74, 6) is 0.677. The average Bonchev–Trinajstić information content (AvgIpc) is 3.16. The van der Waals surface area contributed by atoms with Crippen LogP contribution in [0, 0.1) is 10.1 Å². The lowest BCUT2D eigenvalue weighted by Gasteiger charge is -2.18. The number of hydrogen-bond acceptors (Lipinski definition) is 5. The molecule has 0 aliphatic heterocycles. The van der Waals surface area contributed by atoms with Gasteiger partial charge in [-0.25, -0.2) is 5.43 Å². The third-order valence-corrected chi connectivity index (χ3v) is 4.36. The number of carbonyl (C=O) groups excluding carboxylic acids is 1. The minimum Gasteiger partial charge on any atom is -0.455 e. The molecule has 0 saturated heterocycles. The highest BCUT2D eigenvalue weighted by molar-refractivity contribution is 5.94. The van der Waals surface area contributed by atoms with E-state index < -0.39 is 4.92 Å². The first-order valence-corrected chi connectivity index (χ1v) is 9.03. The van der Waals surface area contributed by atoms with E-state index in [2.05, 4.69) is 31.3 Å². The minimum atomic E-state index is -0.455. The van der Waals surface area contributed by atoms with Gasteiger partial charge in [0.2, 0.25) is 0 Å². The van der Waals surface area contributed by atoms with Crippen LogP contribution in [0.15, 0.2) is 70.2 Å². The zero-order valence-electron chi connectivity index (χ0n) is 16.4. The second-order valence-electron chi connectivity index (χ2n) is 7.53. The number of amides is 1. The van der Waals surface area contributed by atoms with E-state index in [0.717, 1.165) is 5.56 Å². The predicted octanol–water partition coefficient (Wildman–Crippen LogP) is 4.92. The third-order valence-electron chi connectivity index (χ3n) is 4.36. The fourth-order valence-corrected chi connectivity index (χ4v) is 2.67. The number of nitrogens with one attached hydrogen (secondary N) is 1. The van der Waals surface area contributed by atoms with E-state index in [0.29, 0.717) is 22.6 Å². The van der Waals surface area contributed by atoms with Crippen LogP contribution < -0.4 is 5.43 Å². The first-order valence-electron chi connectivity index (χ1n) is 9.03. The minimum absolute atomic E-state index is 0.0142. The first kappa shape index (κ1) is 20.0. The van der Waals surface area contributed by atoms with Gasteiger partial charge in [-0.1, -0.05) is 32.9 Å². The molecule has 0 radical (unpaired) electrons. The fourth-order valence-electron chi connectivity index (χ4n) is 2.67. The van der Waals surface area contributed by atoms with Gasteiger partial charge in [-0.3, -0.25) is 14.9 Å². The summed E-state index contributed by atoms with van der Waals surface area (Å²) in [6.45, 7) is 6.34. The number of nitro groups is 1. The molecule has 1 N–H and O–H groups in total. The molecule has 7 heteroatoms. The lowest BCUT2D eigenvalue weighted by Crippen LogP contribution is -2.18. The van der Waals surface area contributed by atoms with Crippen LogP contribution >= 0.6 is 0 Å². The molecule has 0 aliphatic rings. The predicted molar refractivity (Wildman–Crippen MR) is 111 cm³/mol. The zero-order valence-corrected chi connectivity index (χ0v) is 16.4. The molecule has 7 nitrogen and oxygen atoms in total. The number of furan rings is 1. The molecule has 1 aromatic heterocycles. The second kappa shape index (κ2) is 8.10. The standard InChI is InChI=1S/C22H21N3O4/c1-22(2,3)17-8-4-16(5-9-17)21(26)24-23-14-19-12-13-20(29-19)15-6-10-18(11-7-15)25(27)28/h4-14H,1-3H3,(H,24,26). The van der Waals surface area contributed by atoms with E-state index in [9.17, 15) is 14.9 Å². The van der Waals surface area contributed by atoms with Crippen LogP contribution in [0.4, 0.5) is 5.69 Å². The van der Waals surface area contributed by atoms with Crippen molar-refractivity contribution < 1.29 is 14.1 Å². The largest absolute Gasteiger partial charge is 0.455 e. The van der Waals surface area contributed by atoms with Gasteiger partial charge in [-0.2, -0.15) is 5.10 Å². The topological polar surface area (TPSA) is 97.7 Å². The summed E-state index contributed by atoms with van der Waals surface area (Å²) >= 11 is 0. The number of nitrogens with zero attached hydrogens (tertiary/aromatic N) is 2. The van der Waals surface area contributed by atoms with Crippen LogP contribution in [0.1, 0.15) is 42.5 Å². The van der Waals surface area contributed by atoms with Crippen molar-refractivity contribution in [2.24, 2.45) is 5.10 Å². The summed E-state index contributed by atoms with van der Waals surface area (Å²) in [6.07, 6.45) is 1.40. The smallest absolute Gasteiger partial charge is 0.271 e. The van der Waals surface area contributed by atoms with Gasteiger partial charge in [0.15, 0.2) is 0 Å². The van der Waals surface area contributed by atoms with Crippen molar-refractivity contribution in [3.8, 4) is 11.3 Å². The van der Waals surface area contributed by atoms with Crippen LogP contribution in [0.5, 0.6) is 0 Å². The molecule has 0 aliphatic carbocycles. The fraction of sp³-hybridized carbons (Fsp3) is 0.182. The maximum Gasteiger partial charge on any atom is 0.271 e. The maximum absolute atomic E-state index is 12.2. The number of nitro benzene ring substituents is 1. The zero-order chi connectivity index (χ0) is 21.0. The van der Waals surface area contributed by atoms with Gasteiger partial charge in [-0.15, -0.1) is 0 Å². The number of rotatable bonds is 5. The maximum atomic E-state index is 12.2. The van der Waals surface area contributed by atoms with Gasteiger partial charge in [0.05, 0.1) is 11.1 Å². The van der Waals surface area contributed by atoms with Crippen molar-refractivity contribution in [3.63, 3.8) is 0 Å². The van der Waals surface area contributed by atoms with Crippen LogP contribution in [0.2, 0.25) is 0 Å².